The molecule has 8 nitrogen and oxygen atoms in total. The van der Waals surface area contributed by atoms with Crippen LogP contribution in [0.15, 0.2) is 12.1 Å². The quantitative estimate of drug-likeness (QED) is 0.608. The lowest BCUT2D eigenvalue weighted by Gasteiger charge is -2.39. The number of hydrogen-bond acceptors (Lipinski definition) is 6. The first kappa shape index (κ1) is 24.8. The van der Waals surface area contributed by atoms with E-state index < -0.39 is 9.84 Å². The highest BCUT2D eigenvalue weighted by Gasteiger charge is 2.30. The Hall–Kier alpha value is -1.84. The molecule has 178 valence electrons. The number of benzene rings is 1. The predicted molar refractivity (Wildman–Crippen MR) is 125 cm³/mol. The van der Waals surface area contributed by atoms with Crippen molar-refractivity contribution in [1.29, 1.82) is 0 Å². The number of hydrogen-bond donors (Lipinski definition) is 1. The molecule has 1 aromatic carbocycles. The second-order valence-electron chi connectivity index (χ2n) is 8.96. The van der Waals surface area contributed by atoms with Crippen LogP contribution in [-0.4, -0.2) is 74.5 Å². The van der Waals surface area contributed by atoms with Crippen molar-refractivity contribution in [3.8, 4) is 0 Å². The van der Waals surface area contributed by atoms with Crippen LogP contribution in [0, 0.1) is 12.8 Å². The monoisotopic (exact) mass is 485 g/mol. The third-order valence-corrected chi connectivity index (χ3v) is 7.10. The maximum Gasteiger partial charge on any atom is 0.410 e. The highest BCUT2D eigenvalue weighted by Crippen LogP contribution is 2.29. The van der Waals surface area contributed by atoms with E-state index in [0.717, 1.165) is 30.2 Å². The van der Waals surface area contributed by atoms with Gasteiger partial charge in [0.1, 0.15) is 9.84 Å². The summed E-state index contributed by atoms with van der Waals surface area (Å²) < 4.78 is 28.0. The molecule has 0 bridgehead atoms. The zero-order chi connectivity index (χ0) is 23.5. The Labute approximate surface area is 195 Å². The first-order valence-electron chi connectivity index (χ1n) is 10.9. The summed E-state index contributed by atoms with van der Waals surface area (Å²) in [6, 6.07) is 3.59. The smallest absolute Gasteiger partial charge is 0.410 e. The Morgan fingerprint density at radius 3 is 2.59 bits per heavy atom. The van der Waals surface area contributed by atoms with Gasteiger partial charge >= 0.3 is 6.09 Å². The Morgan fingerprint density at radius 2 is 1.97 bits per heavy atom. The van der Waals surface area contributed by atoms with Crippen LogP contribution in [0.4, 0.5) is 10.5 Å². The summed E-state index contributed by atoms with van der Waals surface area (Å²) in [5, 5.41) is 3.28. The zero-order valence-electron chi connectivity index (χ0n) is 18.9. The third-order valence-electron chi connectivity index (χ3n) is 5.93. The van der Waals surface area contributed by atoms with Crippen molar-refractivity contribution >= 4 is 39.1 Å². The minimum atomic E-state index is -3.21. The number of carbonyl (C=O) groups is 2. The number of nitrogens with zero attached hydrogens (tertiary/aromatic N) is 2. The van der Waals surface area contributed by atoms with E-state index in [-0.39, 0.29) is 30.2 Å². The Balaban J connectivity index is 1.58. The van der Waals surface area contributed by atoms with Crippen LogP contribution in [0.25, 0.3) is 0 Å². The van der Waals surface area contributed by atoms with E-state index in [1.165, 1.54) is 0 Å². The molecular weight excluding hydrogens is 454 g/mol. The molecule has 2 amide bonds. The molecule has 0 aromatic heterocycles. The first-order valence-corrected chi connectivity index (χ1v) is 13.4. The molecular formula is C22H32ClN3O5S. The van der Waals surface area contributed by atoms with Gasteiger partial charge in [0, 0.05) is 55.6 Å². The zero-order valence-corrected chi connectivity index (χ0v) is 20.5. The Kier molecular flexibility index (Phi) is 8.06. The number of nitrogens with one attached hydrogen (secondary N) is 1. The predicted octanol–water partition coefficient (Wildman–Crippen LogP) is 3.07. The van der Waals surface area contributed by atoms with Gasteiger partial charge < -0.3 is 15.0 Å². The van der Waals surface area contributed by atoms with E-state index in [4.69, 9.17) is 16.3 Å². The summed E-state index contributed by atoms with van der Waals surface area (Å²) in [5.41, 5.74) is 2.45. The maximum atomic E-state index is 12.4. The normalized spacial score (nSPS) is 19.6. The highest BCUT2D eigenvalue weighted by atomic mass is 35.5. The van der Waals surface area contributed by atoms with Gasteiger partial charge in [-0.1, -0.05) is 11.6 Å². The van der Waals surface area contributed by atoms with Crippen molar-refractivity contribution in [2.24, 2.45) is 5.92 Å². The van der Waals surface area contributed by atoms with Crippen LogP contribution in [0.5, 0.6) is 0 Å². The summed E-state index contributed by atoms with van der Waals surface area (Å²) in [6.45, 7) is 7.10. The summed E-state index contributed by atoms with van der Waals surface area (Å²) in [5.74, 6) is -0.0163. The molecule has 0 spiro atoms. The lowest BCUT2D eigenvalue weighted by molar-refractivity contribution is -0.115. The number of rotatable bonds is 8. The van der Waals surface area contributed by atoms with E-state index >= 15 is 0 Å². The van der Waals surface area contributed by atoms with Gasteiger partial charge in [0.2, 0.25) is 5.91 Å². The van der Waals surface area contributed by atoms with Gasteiger partial charge in [-0.15, -0.1) is 0 Å². The molecule has 0 radical (unpaired) electrons. The van der Waals surface area contributed by atoms with Crippen LogP contribution in [0.1, 0.15) is 37.3 Å². The minimum Gasteiger partial charge on any atom is -0.449 e. The molecule has 2 fully saturated rings. The molecule has 32 heavy (non-hydrogen) atoms. The molecule has 0 unspecified atom stereocenters. The molecule has 1 saturated carbocycles. The molecule has 1 aliphatic heterocycles. The van der Waals surface area contributed by atoms with E-state index in [9.17, 15) is 18.0 Å². The molecule has 1 aromatic rings. The average Bonchev–Trinajstić information content (AvgIpc) is 3.52. The number of ether oxygens (including phenoxy) is 1. The summed E-state index contributed by atoms with van der Waals surface area (Å²) in [6.07, 6.45) is 3.07. The maximum absolute atomic E-state index is 12.4. The first-order chi connectivity index (χ1) is 15.0. The molecule has 1 atom stereocenters. The van der Waals surface area contributed by atoms with Crippen molar-refractivity contribution in [1.82, 2.24) is 9.80 Å². The molecule has 1 heterocycles. The molecule has 3 rings (SSSR count). The van der Waals surface area contributed by atoms with Gasteiger partial charge in [0.25, 0.3) is 0 Å². The summed E-state index contributed by atoms with van der Waals surface area (Å²) in [4.78, 5) is 28.6. The van der Waals surface area contributed by atoms with E-state index in [1.54, 1.807) is 11.0 Å². The lowest BCUT2D eigenvalue weighted by Crippen LogP contribution is -2.53. The number of carbonyl (C=O) groups excluding carboxylic acids is 2. The van der Waals surface area contributed by atoms with Crippen molar-refractivity contribution in [3.05, 3.63) is 28.3 Å². The van der Waals surface area contributed by atoms with Crippen molar-refractivity contribution in [2.75, 3.05) is 43.6 Å². The van der Waals surface area contributed by atoms with Gasteiger partial charge in [0.15, 0.2) is 0 Å². The van der Waals surface area contributed by atoms with Gasteiger partial charge in [-0.25, -0.2) is 13.2 Å². The van der Waals surface area contributed by atoms with Gasteiger partial charge in [0.05, 0.1) is 12.4 Å². The molecule has 10 heteroatoms. The van der Waals surface area contributed by atoms with E-state index in [0.29, 0.717) is 49.4 Å². The van der Waals surface area contributed by atoms with E-state index in [2.05, 4.69) is 10.2 Å². The number of sulfone groups is 1. The van der Waals surface area contributed by atoms with Crippen molar-refractivity contribution in [2.45, 2.75) is 45.7 Å². The summed E-state index contributed by atoms with van der Waals surface area (Å²) >= 11 is 6.30. The number of piperazine rings is 1. The average molecular weight is 486 g/mol. The Bertz CT molecular complexity index is 965. The SMILES string of the molecule is Cc1c(CN2CCN(C(=O)OCC3CC3)[C@@H](C)C2)cc(Cl)cc1NC(=O)CCS(C)(=O)=O. The molecule has 1 saturated heterocycles. The van der Waals surface area contributed by atoms with E-state index in [1.807, 2.05) is 19.9 Å². The lowest BCUT2D eigenvalue weighted by atomic mass is 10.0. The fourth-order valence-corrected chi connectivity index (χ4v) is 4.56. The van der Waals surface area contributed by atoms with Gasteiger partial charge in [-0.05, 0) is 55.9 Å². The largest absolute Gasteiger partial charge is 0.449 e. The van der Waals surface area contributed by atoms with Crippen LogP contribution in [0.3, 0.4) is 0 Å². The topological polar surface area (TPSA) is 96.0 Å². The van der Waals surface area contributed by atoms with Gasteiger partial charge in [-0.2, -0.15) is 0 Å². The third kappa shape index (κ3) is 7.35. The second kappa shape index (κ2) is 10.4. The molecule has 1 N–H and O–H groups in total. The fraction of sp³-hybridized carbons (Fsp3) is 0.636. The minimum absolute atomic E-state index is 0.0325. The number of anilines is 1. The van der Waals surface area contributed by atoms with Gasteiger partial charge in [-0.3, -0.25) is 9.69 Å². The second-order valence-corrected chi connectivity index (χ2v) is 11.7. The van der Waals surface area contributed by atoms with Crippen LogP contribution in [0.2, 0.25) is 5.02 Å². The molecule has 2 aliphatic rings. The highest BCUT2D eigenvalue weighted by molar-refractivity contribution is 7.90. The van der Waals surface area contributed by atoms with Crippen LogP contribution in [-0.2, 0) is 25.9 Å². The fourth-order valence-electron chi connectivity index (χ4n) is 3.77. The Morgan fingerprint density at radius 1 is 1.25 bits per heavy atom. The number of halogens is 1. The van der Waals surface area contributed by atoms with Crippen LogP contribution >= 0.6 is 11.6 Å². The number of amides is 2. The van der Waals surface area contributed by atoms with Crippen molar-refractivity contribution < 1.29 is 22.7 Å². The molecule has 1 aliphatic carbocycles. The van der Waals surface area contributed by atoms with Crippen molar-refractivity contribution in [3.63, 3.8) is 0 Å². The van der Waals surface area contributed by atoms with Crippen LogP contribution < -0.4 is 5.32 Å². The standard InChI is InChI=1S/C22H32ClN3O5S/c1-15-12-25(7-8-26(15)22(28)31-14-17-4-5-17)13-18-10-19(23)11-20(16(18)2)24-21(27)6-9-32(3,29)30/h10-11,15,17H,4-9,12-14H2,1-3H3,(H,24,27)/t15-/m0/s1. The summed E-state index contributed by atoms with van der Waals surface area (Å²) in [7, 11) is -3.21.